The third kappa shape index (κ3) is 3.18. The second-order valence-electron chi connectivity index (χ2n) is 5.34. The molecule has 1 saturated heterocycles. The van der Waals surface area contributed by atoms with Gasteiger partial charge in [-0.2, -0.15) is 0 Å². The second-order valence-corrected chi connectivity index (χ2v) is 5.34. The number of rotatable bonds is 3. The first kappa shape index (κ1) is 15.1. The number of carbonyl (C=O) groups excluding carboxylic acids is 2. The number of nitrogens with zero attached hydrogens (tertiary/aromatic N) is 2. The lowest BCUT2D eigenvalue weighted by Crippen LogP contribution is -2.52. The molecule has 1 aliphatic heterocycles. The molecule has 5 nitrogen and oxygen atoms in total. The van der Waals surface area contributed by atoms with Crippen LogP contribution in [0.4, 0.5) is 5.69 Å². The molecule has 0 unspecified atom stereocenters. The van der Waals surface area contributed by atoms with E-state index in [1.54, 1.807) is 41.2 Å². The van der Waals surface area contributed by atoms with E-state index < -0.39 is 0 Å². The largest absolute Gasteiger partial charge is 0.497 e. The molecule has 0 atom stereocenters. The van der Waals surface area contributed by atoms with E-state index in [-0.39, 0.29) is 18.4 Å². The van der Waals surface area contributed by atoms with Crippen molar-refractivity contribution in [1.29, 1.82) is 0 Å². The Bertz CT molecular complexity index is 715. The van der Waals surface area contributed by atoms with Gasteiger partial charge in [0.05, 0.1) is 7.11 Å². The Kier molecular flexibility index (Phi) is 4.28. The molecule has 0 aliphatic carbocycles. The van der Waals surface area contributed by atoms with Gasteiger partial charge in [-0.15, -0.1) is 0 Å². The summed E-state index contributed by atoms with van der Waals surface area (Å²) in [5, 5.41) is 0. The number of piperazine rings is 1. The first-order valence-electron chi connectivity index (χ1n) is 7.48. The van der Waals surface area contributed by atoms with Gasteiger partial charge < -0.3 is 14.5 Å². The summed E-state index contributed by atoms with van der Waals surface area (Å²) in [5.41, 5.74) is 1.40. The van der Waals surface area contributed by atoms with Crippen LogP contribution >= 0.6 is 0 Å². The summed E-state index contributed by atoms with van der Waals surface area (Å²) in [6.45, 7) is 1.10. The van der Waals surface area contributed by atoms with Gasteiger partial charge in [0, 0.05) is 24.3 Å². The lowest BCUT2D eigenvalue weighted by Gasteiger charge is -2.34. The summed E-state index contributed by atoms with van der Waals surface area (Å²) < 4.78 is 5.14. The normalized spacial score (nSPS) is 14.7. The molecule has 0 N–H and O–H groups in total. The molecule has 0 spiro atoms. The standard InChI is InChI=1S/C18H18N2O3/c1-23-16-9-5-6-14(12-16)18(22)19-10-11-20(17(21)13-19)15-7-3-2-4-8-15/h2-9,12H,10-11,13H2,1H3. The zero-order chi connectivity index (χ0) is 16.2. The molecule has 0 radical (unpaired) electrons. The van der Waals surface area contributed by atoms with Crippen molar-refractivity contribution in [2.45, 2.75) is 0 Å². The van der Waals surface area contributed by atoms with Crippen LogP contribution in [0.2, 0.25) is 0 Å². The average molecular weight is 310 g/mol. The Hall–Kier alpha value is -2.82. The van der Waals surface area contributed by atoms with E-state index >= 15 is 0 Å². The van der Waals surface area contributed by atoms with Crippen LogP contribution in [-0.4, -0.2) is 43.5 Å². The van der Waals surface area contributed by atoms with Gasteiger partial charge in [0.15, 0.2) is 0 Å². The zero-order valence-corrected chi connectivity index (χ0v) is 12.9. The minimum atomic E-state index is -0.148. The Labute approximate surface area is 135 Å². The van der Waals surface area contributed by atoms with E-state index in [0.29, 0.717) is 24.4 Å². The van der Waals surface area contributed by atoms with E-state index in [1.807, 2.05) is 30.3 Å². The van der Waals surface area contributed by atoms with Crippen molar-refractivity contribution in [3.05, 3.63) is 60.2 Å². The van der Waals surface area contributed by atoms with Crippen LogP contribution in [0.5, 0.6) is 5.75 Å². The number of amides is 2. The SMILES string of the molecule is COc1cccc(C(=O)N2CCN(c3ccccc3)C(=O)C2)c1. The maximum atomic E-state index is 12.6. The van der Waals surface area contributed by atoms with Gasteiger partial charge in [0.25, 0.3) is 5.91 Å². The molecule has 1 aliphatic rings. The minimum absolute atomic E-state index is 0.0707. The van der Waals surface area contributed by atoms with Crippen molar-refractivity contribution in [2.75, 3.05) is 31.6 Å². The Morgan fingerprint density at radius 1 is 1.04 bits per heavy atom. The van der Waals surface area contributed by atoms with E-state index in [0.717, 1.165) is 5.69 Å². The van der Waals surface area contributed by atoms with Crippen LogP contribution in [0.15, 0.2) is 54.6 Å². The summed E-state index contributed by atoms with van der Waals surface area (Å²) >= 11 is 0. The van der Waals surface area contributed by atoms with Gasteiger partial charge >= 0.3 is 0 Å². The van der Waals surface area contributed by atoms with Crippen molar-refractivity contribution in [1.82, 2.24) is 4.90 Å². The summed E-state index contributed by atoms with van der Waals surface area (Å²) in [6.07, 6.45) is 0. The fourth-order valence-corrected chi connectivity index (χ4v) is 2.67. The highest BCUT2D eigenvalue weighted by Crippen LogP contribution is 2.19. The number of hydrogen-bond donors (Lipinski definition) is 0. The van der Waals surface area contributed by atoms with Crippen molar-refractivity contribution in [3.63, 3.8) is 0 Å². The predicted molar refractivity (Wildman–Crippen MR) is 87.7 cm³/mol. The fourth-order valence-electron chi connectivity index (χ4n) is 2.67. The van der Waals surface area contributed by atoms with E-state index in [2.05, 4.69) is 0 Å². The van der Waals surface area contributed by atoms with Gasteiger partial charge in [-0.1, -0.05) is 24.3 Å². The van der Waals surface area contributed by atoms with Crippen molar-refractivity contribution in [3.8, 4) is 5.75 Å². The number of ether oxygens (including phenoxy) is 1. The molecule has 0 aromatic heterocycles. The van der Waals surface area contributed by atoms with Crippen LogP contribution in [0.3, 0.4) is 0 Å². The molecule has 1 heterocycles. The number of anilines is 1. The number of carbonyl (C=O) groups is 2. The topological polar surface area (TPSA) is 49.9 Å². The van der Waals surface area contributed by atoms with Gasteiger partial charge in [-0.3, -0.25) is 9.59 Å². The Balaban J connectivity index is 1.72. The molecule has 1 fully saturated rings. The first-order chi connectivity index (χ1) is 11.2. The number of hydrogen-bond acceptors (Lipinski definition) is 3. The number of methoxy groups -OCH3 is 1. The average Bonchev–Trinajstić information content (AvgIpc) is 2.61. The summed E-state index contributed by atoms with van der Waals surface area (Å²) in [7, 11) is 1.56. The first-order valence-corrected chi connectivity index (χ1v) is 7.48. The maximum Gasteiger partial charge on any atom is 0.254 e. The molecule has 2 aromatic carbocycles. The summed E-state index contributed by atoms with van der Waals surface area (Å²) in [4.78, 5) is 28.2. The highest BCUT2D eigenvalue weighted by atomic mass is 16.5. The van der Waals surface area contributed by atoms with Crippen molar-refractivity contribution >= 4 is 17.5 Å². The second kappa shape index (κ2) is 6.52. The number of para-hydroxylation sites is 1. The van der Waals surface area contributed by atoms with Gasteiger partial charge in [0.2, 0.25) is 5.91 Å². The number of benzene rings is 2. The maximum absolute atomic E-state index is 12.6. The zero-order valence-electron chi connectivity index (χ0n) is 12.9. The molecule has 2 amide bonds. The monoisotopic (exact) mass is 310 g/mol. The third-order valence-electron chi connectivity index (χ3n) is 3.89. The minimum Gasteiger partial charge on any atom is -0.497 e. The van der Waals surface area contributed by atoms with Crippen LogP contribution < -0.4 is 9.64 Å². The van der Waals surface area contributed by atoms with Gasteiger partial charge in [-0.25, -0.2) is 0 Å². The molecule has 2 aromatic rings. The smallest absolute Gasteiger partial charge is 0.254 e. The van der Waals surface area contributed by atoms with Crippen molar-refractivity contribution in [2.24, 2.45) is 0 Å². The predicted octanol–water partition coefficient (Wildman–Crippen LogP) is 2.18. The van der Waals surface area contributed by atoms with Crippen LogP contribution in [0, 0.1) is 0 Å². The lowest BCUT2D eigenvalue weighted by molar-refractivity contribution is -0.120. The highest BCUT2D eigenvalue weighted by molar-refractivity contribution is 6.01. The molecular weight excluding hydrogens is 292 g/mol. The van der Waals surface area contributed by atoms with Crippen molar-refractivity contribution < 1.29 is 14.3 Å². The third-order valence-corrected chi connectivity index (χ3v) is 3.89. The van der Waals surface area contributed by atoms with E-state index in [1.165, 1.54) is 0 Å². The Morgan fingerprint density at radius 2 is 1.83 bits per heavy atom. The molecule has 118 valence electrons. The van der Waals surface area contributed by atoms with Gasteiger partial charge in [-0.05, 0) is 30.3 Å². The molecule has 23 heavy (non-hydrogen) atoms. The molecule has 0 bridgehead atoms. The van der Waals surface area contributed by atoms with Gasteiger partial charge in [0.1, 0.15) is 12.3 Å². The fraction of sp³-hybridized carbons (Fsp3) is 0.222. The highest BCUT2D eigenvalue weighted by Gasteiger charge is 2.28. The molecular formula is C18H18N2O3. The molecule has 0 saturated carbocycles. The van der Waals surface area contributed by atoms with Crippen LogP contribution in [0.1, 0.15) is 10.4 Å². The van der Waals surface area contributed by atoms with E-state index in [4.69, 9.17) is 4.74 Å². The van der Waals surface area contributed by atoms with Crippen LogP contribution in [-0.2, 0) is 4.79 Å². The lowest BCUT2D eigenvalue weighted by atomic mass is 10.1. The summed E-state index contributed by atoms with van der Waals surface area (Å²) in [6, 6.07) is 16.5. The quantitative estimate of drug-likeness (QED) is 0.873. The molecule has 5 heteroatoms. The van der Waals surface area contributed by atoms with E-state index in [9.17, 15) is 9.59 Å². The summed E-state index contributed by atoms with van der Waals surface area (Å²) in [5.74, 6) is 0.411. The van der Waals surface area contributed by atoms with Crippen LogP contribution in [0.25, 0.3) is 0 Å². The molecule has 3 rings (SSSR count). The Morgan fingerprint density at radius 3 is 2.52 bits per heavy atom.